The fourth-order valence-corrected chi connectivity index (χ4v) is 1.90. The molecular formula is C14H20ClNO2. The molecule has 0 amide bonds. The first-order valence-electron chi connectivity index (χ1n) is 6.48. The smallest absolute Gasteiger partial charge is 0.123 e. The summed E-state index contributed by atoms with van der Waals surface area (Å²) in [6, 6.07) is 6.33. The number of benzene rings is 1. The van der Waals surface area contributed by atoms with Crippen molar-refractivity contribution in [2.24, 2.45) is 0 Å². The summed E-state index contributed by atoms with van der Waals surface area (Å²) in [6.07, 6.45) is 2.83. The zero-order valence-corrected chi connectivity index (χ0v) is 11.4. The maximum Gasteiger partial charge on any atom is 0.123 e. The molecule has 0 spiro atoms. The maximum atomic E-state index is 9.21. The predicted molar refractivity (Wildman–Crippen MR) is 73.1 cm³/mol. The predicted octanol–water partition coefficient (Wildman–Crippen LogP) is 2.74. The van der Waals surface area contributed by atoms with Crippen LogP contribution < -0.4 is 10.1 Å². The van der Waals surface area contributed by atoms with E-state index in [1.54, 1.807) is 6.92 Å². The number of aliphatic hydroxyl groups excluding tert-OH is 1. The second-order valence-corrected chi connectivity index (χ2v) is 5.33. The molecule has 3 nitrogen and oxygen atoms in total. The molecule has 1 fully saturated rings. The first-order valence-corrected chi connectivity index (χ1v) is 6.85. The number of rotatable bonds is 7. The Bertz CT molecular complexity index is 391. The number of halogens is 1. The van der Waals surface area contributed by atoms with Crippen molar-refractivity contribution in [1.82, 2.24) is 5.32 Å². The van der Waals surface area contributed by atoms with E-state index in [0.717, 1.165) is 22.9 Å². The molecule has 0 heterocycles. The van der Waals surface area contributed by atoms with Crippen LogP contribution in [0.4, 0.5) is 0 Å². The third-order valence-corrected chi connectivity index (χ3v) is 3.21. The maximum absolute atomic E-state index is 9.21. The Kier molecular flexibility index (Phi) is 4.87. The minimum Gasteiger partial charge on any atom is -0.493 e. The Labute approximate surface area is 113 Å². The van der Waals surface area contributed by atoms with Crippen LogP contribution in [0.25, 0.3) is 0 Å². The van der Waals surface area contributed by atoms with Gasteiger partial charge in [0.05, 0.1) is 12.7 Å². The molecule has 1 aliphatic carbocycles. The molecule has 1 atom stereocenters. The summed E-state index contributed by atoms with van der Waals surface area (Å²) in [5, 5.41) is 13.4. The van der Waals surface area contributed by atoms with Crippen LogP contribution in [0.1, 0.15) is 31.7 Å². The Hall–Kier alpha value is -0.770. The molecule has 0 radical (unpaired) electrons. The number of hydrogen-bond acceptors (Lipinski definition) is 3. The summed E-state index contributed by atoms with van der Waals surface area (Å²) >= 11 is 6.01. The molecule has 1 saturated carbocycles. The summed E-state index contributed by atoms with van der Waals surface area (Å²) in [5.74, 6) is 0.855. The van der Waals surface area contributed by atoms with E-state index in [2.05, 4.69) is 5.32 Å². The van der Waals surface area contributed by atoms with Gasteiger partial charge in [0.15, 0.2) is 0 Å². The molecule has 1 aliphatic rings. The van der Waals surface area contributed by atoms with Gasteiger partial charge in [0.2, 0.25) is 0 Å². The fourth-order valence-electron chi connectivity index (χ4n) is 1.71. The molecule has 2 N–H and O–H groups in total. The number of aliphatic hydroxyl groups is 1. The van der Waals surface area contributed by atoms with E-state index in [4.69, 9.17) is 16.3 Å². The van der Waals surface area contributed by atoms with Gasteiger partial charge in [-0.2, -0.15) is 0 Å². The van der Waals surface area contributed by atoms with Crippen LogP contribution in [0.15, 0.2) is 18.2 Å². The van der Waals surface area contributed by atoms with Crippen LogP contribution in [-0.4, -0.2) is 23.9 Å². The van der Waals surface area contributed by atoms with E-state index in [0.29, 0.717) is 19.1 Å². The number of nitrogens with one attached hydrogen (secondary N) is 1. The van der Waals surface area contributed by atoms with E-state index in [9.17, 15) is 5.11 Å². The summed E-state index contributed by atoms with van der Waals surface area (Å²) in [4.78, 5) is 0. The van der Waals surface area contributed by atoms with Crippen molar-refractivity contribution in [2.75, 3.05) is 6.61 Å². The van der Waals surface area contributed by atoms with Gasteiger partial charge in [-0.15, -0.1) is 0 Å². The van der Waals surface area contributed by atoms with Crippen molar-refractivity contribution < 1.29 is 9.84 Å². The van der Waals surface area contributed by atoms with Crippen LogP contribution in [0.3, 0.4) is 0 Å². The van der Waals surface area contributed by atoms with Gasteiger partial charge in [-0.25, -0.2) is 0 Å². The third kappa shape index (κ3) is 4.48. The highest BCUT2D eigenvalue weighted by Gasteiger charge is 2.20. The lowest BCUT2D eigenvalue weighted by molar-refractivity contribution is 0.155. The van der Waals surface area contributed by atoms with Crippen LogP contribution in [-0.2, 0) is 6.54 Å². The van der Waals surface area contributed by atoms with Crippen molar-refractivity contribution in [3.63, 3.8) is 0 Å². The topological polar surface area (TPSA) is 41.5 Å². The normalized spacial score (nSPS) is 16.6. The molecule has 1 unspecified atom stereocenters. The number of hydrogen-bond donors (Lipinski definition) is 2. The molecule has 18 heavy (non-hydrogen) atoms. The van der Waals surface area contributed by atoms with Gasteiger partial charge in [-0.1, -0.05) is 11.6 Å². The Morgan fingerprint density at radius 3 is 2.94 bits per heavy atom. The Morgan fingerprint density at radius 2 is 2.28 bits per heavy atom. The van der Waals surface area contributed by atoms with E-state index >= 15 is 0 Å². The highest BCUT2D eigenvalue weighted by atomic mass is 35.5. The largest absolute Gasteiger partial charge is 0.493 e. The van der Waals surface area contributed by atoms with Crippen LogP contribution >= 0.6 is 11.6 Å². The first-order chi connectivity index (χ1) is 8.65. The standard InChI is InChI=1S/C14H20ClNO2/c1-10(17)6-7-18-14-5-2-12(15)8-11(14)9-16-13-3-4-13/h2,5,8,10,13,16-17H,3-4,6-7,9H2,1H3. The molecule has 100 valence electrons. The van der Waals surface area contributed by atoms with E-state index < -0.39 is 0 Å². The van der Waals surface area contributed by atoms with E-state index in [-0.39, 0.29) is 6.10 Å². The zero-order chi connectivity index (χ0) is 13.0. The van der Waals surface area contributed by atoms with Crippen molar-refractivity contribution >= 4 is 11.6 Å². The van der Waals surface area contributed by atoms with Crippen molar-refractivity contribution in [3.05, 3.63) is 28.8 Å². The lowest BCUT2D eigenvalue weighted by Crippen LogP contribution is -2.16. The van der Waals surface area contributed by atoms with Gasteiger partial charge in [-0.3, -0.25) is 0 Å². The van der Waals surface area contributed by atoms with Gasteiger partial charge < -0.3 is 15.2 Å². The monoisotopic (exact) mass is 269 g/mol. The minimum atomic E-state index is -0.328. The highest BCUT2D eigenvalue weighted by molar-refractivity contribution is 6.30. The molecule has 0 aliphatic heterocycles. The first kappa shape index (κ1) is 13.7. The zero-order valence-electron chi connectivity index (χ0n) is 10.7. The molecule has 0 aromatic heterocycles. The van der Waals surface area contributed by atoms with E-state index in [1.807, 2.05) is 18.2 Å². The highest BCUT2D eigenvalue weighted by Crippen LogP contribution is 2.25. The van der Waals surface area contributed by atoms with Crippen LogP contribution in [0.2, 0.25) is 5.02 Å². The molecule has 1 aromatic rings. The molecule has 0 bridgehead atoms. The van der Waals surface area contributed by atoms with Crippen molar-refractivity contribution in [2.45, 2.75) is 44.9 Å². The lowest BCUT2D eigenvalue weighted by atomic mass is 10.2. The summed E-state index contributed by atoms with van der Waals surface area (Å²) in [7, 11) is 0. The second kappa shape index (κ2) is 6.41. The minimum absolute atomic E-state index is 0.328. The van der Waals surface area contributed by atoms with Crippen molar-refractivity contribution in [3.8, 4) is 5.75 Å². The van der Waals surface area contributed by atoms with Crippen molar-refractivity contribution in [1.29, 1.82) is 0 Å². The number of ether oxygens (including phenoxy) is 1. The average molecular weight is 270 g/mol. The molecule has 2 rings (SSSR count). The second-order valence-electron chi connectivity index (χ2n) is 4.89. The van der Waals surface area contributed by atoms with Crippen LogP contribution in [0.5, 0.6) is 5.75 Å². The lowest BCUT2D eigenvalue weighted by Gasteiger charge is -2.13. The van der Waals surface area contributed by atoms with Crippen LogP contribution in [0, 0.1) is 0 Å². The fraction of sp³-hybridized carbons (Fsp3) is 0.571. The third-order valence-electron chi connectivity index (χ3n) is 2.97. The Balaban J connectivity index is 1.93. The van der Waals surface area contributed by atoms with Gasteiger partial charge in [0.1, 0.15) is 5.75 Å². The SMILES string of the molecule is CC(O)CCOc1ccc(Cl)cc1CNC1CC1. The summed E-state index contributed by atoms with van der Waals surface area (Å²) in [5.41, 5.74) is 1.08. The van der Waals surface area contributed by atoms with E-state index in [1.165, 1.54) is 12.8 Å². The average Bonchev–Trinajstić information content (AvgIpc) is 3.12. The quantitative estimate of drug-likeness (QED) is 0.800. The van der Waals surface area contributed by atoms with Gasteiger partial charge in [0.25, 0.3) is 0 Å². The summed E-state index contributed by atoms with van der Waals surface area (Å²) in [6.45, 7) is 3.08. The Morgan fingerprint density at radius 1 is 1.50 bits per heavy atom. The van der Waals surface area contributed by atoms with Gasteiger partial charge in [-0.05, 0) is 38.0 Å². The molecule has 4 heteroatoms. The summed E-state index contributed by atoms with van der Waals surface area (Å²) < 4.78 is 5.70. The molecule has 1 aromatic carbocycles. The molecule has 0 saturated heterocycles. The molecular weight excluding hydrogens is 250 g/mol. The van der Waals surface area contributed by atoms with Gasteiger partial charge >= 0.3 is 0 Å². The van der Waals surface area contributed by atoms with Gasteiger partial charge in [0, 0.05) is 29.6 Å².